The number of carbonyl (C=O) groups is 2. The van der Waals surface area contributed by atoms with Crippen molar-refractivity contribution in [2.75, 3.05) is 18.5 Å². The minimum atomic E-state index is -3.73. The molecule has 2 aromatic carbocycles. The minimum Gasteiger partial charge on any atom is -0.452 e. The van der Waals surface area contributed by atoms with Crippen molar-refractivity contribution >= 4 is 62.4 Å². The highest BCUT2D eigenvalue weighted by atomic mass is 35.5. The van der Waals surface area contributed by atoms with Crippen molar-refractivity contribution < 1.29 is 22.7 Å². The molecule has 1 amide bonds. The second-order valence-electron chi connectivity index (χ2n) is 5.40. The Labute approximate surface area is 177 Å². The van der Waals surface area contributed by atoms with E-state index in [-0.39, 0.29) is 32.7 Å². The number of benzene rings is 2. The minimum absolute atomic E-state index is 0.0191. The van der Waals surface area contributed by atoms with Gasteiger partial charge < -0.3 is 10.1 Å². The summed E-state index contributed by atoms with van der Waals surface area (Å²) in [7, 11) is -3.73. The number of halogens is 3. The quantitative estimate of drug-likeness (QED) is 0.607. The molecule has 0 aliphatic heterocycles. The first kappa shape index (κ1) is 22.4. The summed E-state index contributed by atoms with van der Waals surface area (Å²) in [4.78, 5) is 24.0. The Balaban J connectivity index is 2.04. The van der Waals surface area contributed by atoms with Gasteiger partial charge in [0.2, 0.25) is 10.0 Å². The third-order valence-corrected chi connectivity index (χ3v) is 5.68. The molecule has 0 aliphatic carbocycles. The zero-order chi connectivity index (χ0) is 20.9. The molecule has 2 aromatic rings. The Morgan fingerprint density at radius 2 is 1.71 bits per heavy atom. The lowest BCUT2D eigenvalue weighted by atomic mass is 10.2. The van der Waals surface area contributed by atoms with E-state index in [1.165, 1.54) is 30.3 Å². The van der Waals surface area contributed by atoms with Gasteiger partial charge in [0, 0.05) is 11.6 Å². The summed E-state index contributed by atoms with van der Waals surface area (Å²) in [5.74, 6) is -1.55. The highest BCUT2D eigenvalue weighted by Crippen LogP contribution is 2.33. The number of ether oxygens (including phenoxy) is 1. The third kappa shape index (κ3) is 5.83. The lowest BCUT2D eigenvalue weighted by Crippen LogP contribution is -2.24. The molecule has 2 N–H and O–H groups in total. The molecule has 150 valence electrons. The van der Waals surface area contributed by atoms with E-state index in [0.717, 1.165) is 6.07 Å². The summed E-state index contributed by atoms with van der Waals surface area (Å²) in [6.07, 6.45) is 0. The molecular formula is C17H15Cl3N2O5S. The molecule has 0 saturated carbocycles. The Morgan fingerprint density at radius 3 is 2.32 bits per heavy atom. The van der Waals surface area contributed by atoms with Gasteiger partial charge in [0.1, 0.15) is 0 Å². The van der Waals surface area contributed by atoms with Gasteiger partial charge in [-0.1, -0.05) is 47.8 Å². The van der Waals surface area contributed by atoms with Gasteiger partial charge in [0.05, 0.1) is 26.2 Å². The van der Waals surface area contributed by atoms with E-state index in [2.05, 4.69) is 10.0 Å². The highest BCUT2D eigenvalue weighted by Gasteiger charge is 2.17. The Morgan fingerprint density at radius 1 is 1.07 bits per heavy atom. The second kappa shape index (κ2) is 9.58. The number of sulfonamides is 1. The fraction of sp³-hybridized carbons (Fsp3) is 0.176. The van der Waals surface area contributed by atoms with Crippen molar-refractivity contribution in [1.29, 1.82) is 0 Å². The average Bonchev–Trinajstić information content (AvgIpc) is 2.62. The number of nitrogens with one attached hydrogen (secondary N) is 2. The molecule has 0 spiro atoms. The van der Waals surface area contributed by atoms with Crippen molar-refractivity contribution in [3.05, 3.63) is 57.0 Å². The van der Waals surface area contributed by atoms with Crippen LogP contribution in [-0.2, 0) is 19.6 Å². The van der Waals surface area contributed by atoms with Crippen LogP contribution in [0.25, 0.3) is 0 Å². The average molecular weight is 466 g/mol. The van der Waals surface area contributed by atoms with E-state index >= 15 is 0 Å². The van der Waals surface area contributed by atoms with Crippen LogP contribution in [0.4, 0.5) is 5.69 Å². The molecule has 0 fully saturated rings. The van der Waals surface area contributed by atoms with Gasteiger partial charge in [-0.15, -0.1) is 0 Å². The van der Waals surface area contributed by atoms with Gasteiger partial charge in [-0.05, 0) is 30.3 Å². The largest absolute Gasteiger partial charge is 0.452 e. The standard InChI is InChI=1S/C17H15Cl3N2O5S/c1-2-21-28(25,26)12-5-3-4-10(6-12)17(24)27-9-15(23)22-16-13(19)7-11(18)8-14(16)20/h3-8,21H,2,9H2,1H3,(H,22,23). The van der Waals surface area contributed by atoms with Gasteiger partial charge in [-0.3, -0.25) is 4.79 Å². The zero-order valence-electron chi connectivity index (χ0n) is 14.5. The summed E-state index contributed by atoms with van der Waals surface area (Å²) < 4.78 is 31.2. The van der Waals surface area contributed by atoms with Gasteiger partial charge in [-0.25, -0.2) is 17.9 Å². The fourth-order valence-corrected chi connectivity index (χ4v) is 4.11. The third-order valence-electron chi connectivity index (χ3n) is 3.32. The predicted molar refractivity (Wildman–Crippen MR) is 108 cm³/mol. The van der Waals surface area contributed by atoms with Crippen LogP contribution in [0.15, 0.2) is 41.3 Å². The maximum atomic E-state index is 12.1. The number of esters is 1. The summed E-state index contributed by atoms with van der Waals surface area (Å²) in [5.41, 5.74) is 0.113. The van der Waals surface area contributed by atoms with E-state index in [1.54, 1.807) is 6.92 Å². The molecule has 0 aliphatic rings. The molecule has 0 atom stereocenters. The van der Waals surface area contributed by atoms with Crippen molar-refractivity contribution in [3.63, 3.8) is 0 Å². The van der Waals surface area contributed by atoms with Gasteiger partial charge in [0.25, 0.3) is 5.91 Å². The first-order valence-electron chi connectivity index (χ1n) is 7.85. The number of hydrogen-bond acceptors (Lipinski definition) is 5. The molecule has 0 bridgehead atoms. The smallest absolute Gasteiger partial charge is 0.338 e. The monoisotopic (exact) mass is 464 g/mol. The SMILES string of the molecule is CCNS(=O)(=O)c1cccc(C(=O)OCC(=O)Nc2c(Cl)cc(Cl)cc2Cl)c1. The second-order valence-corrected chi connectivity index (χ2v) is 8.42. The summed E-state index contributed by atoms with van der Waals surface area (Å²) in [5, 5.41) is 2.97. The maximum absolute atomic E-state index is 12.1. The van der Waals surface area contributed by atoms with Crippen LogP contribution in [0.3, 0.4) is 0 Å². The first-order valence-corrected chi connectivity index (χ1v) is 10.5. The van der Waals surface area contributed by atoms with Gasteiger partial charge in [0.15, 0.2) is 6.61 Å². The van der Waals surface area contributed by atoms with E-state index < -0.39 is 28.5 Å². The van der Waals surface area contributed by atoms with E-state index in [4.69, 9.17) is 39.5 Å². The number of amides is 1. The Hall–Kier alpha value is -1.84. The Bertz CT molecular complexity index is 989. The van der Waals surface area contributed by atoms with Gasteiger partial charge >= 0.3 is 5.97 Å². The summed E-state index contributed by atoms with van der Waals surface area (Å²) >= 11 is 17.7. The lowest BCUT2D eigenvalue weighted by Gasteiger charge is -2.10. The molecule has 0 heterocycles. The van der Waals surface area contributed by atoms with Crippen molar-refractivity contribution in [3.8, 4) is 0 Å². The van der Waals surface area contributed by atoms with Crippen LogP contribution in [-0.4, -0.2) is 33.4 Å². The molecular weight excluding hydrogens is 451 g/mol. The van der Waals surface area contributed by atoms with E-state index in [9.17, 15) is 18.0 Å². The van der Waals surface area contributed by atoms with Crippen molar-refractivity contribution in [2.24, 2.45) is 0 Å². The maximum Gasteiger partial charge on any atom is 0.338 e. The predicted octanol–water partition coefficient (Wildman–Crippen LogP) is 3.74. The molecule has 7 nitrogen and oxygen atoms in total. The van der Waals surface area contributed by atoms with Crippen LogP contribution in [0.2, 0.25) is 15.1 Å². The molecule has 28 heavy (non-hydrogen) atoms. The zero-order valence-corrected chi connectivity index (χ0v) is 17.5. The first-order chi connectivity index (χ1) is 13.1. The van der Waals surface area contributed by atoms with Crippen LogP contribution in [0.1, 0.15) is 17.3 Å². The molecule has 0 radical (unpaired) electrons. The normalized spacial score (nSPS) is 11.1. The highest BCUT2D eigenvalue weighted by molar-refractivity contribution is 7.89. The summed E-state index contributed by atoms with van der Waals surface area (Å²) in [6, 6.07) is 8.06. The summed E-state index contributed by atoms with van der Waals surface area (Å²) in [6.45, 7) is 1.21. The van der Waals surface area contributed by atoms with Crippen LogP contribution in [0, 0.1) is 0 Å². The topological polar surface area (TPSA) is 102 Å². The van der Waals surface area contributed by atoms with Crippen molar-refractivity contribution in [2.45, 2.75) is 11.8 Å². The molecule has 0 saturated heterocycles. The molecule has 11 heteroatoms. The van der Waals surface area contributed by atoms with Crippen molar-refractivity contribution in [1.82, 2.24) is 4.72 Å². The van der Waals surface area contributed by atoms with Crippen LogP contribution >= 0.6 is 34.8 Å². The van der Waals surface area contributed by atoms with Gasteiger partial charge in [-0.2, -0.15) is 0 Å². The van der Waals surface area contributed by atoms with Crippen LogP contribution < -0.4 is 10.0 Å². The number of hydrogen-bond donors (Lipinski definition) is 2. The lowest BCUT2D eigenvalue weighted by molar-refractivity contribution is -0.119. The molecule has 2 rings (SSSR count). The number of carbonyl (C=O) groups excluding carboxylic acids is 2. The van der Waals surface area contributed by atoms with E-state index in [0.29, 0.717) is 5.02 Å². The molecule has 0 unspecified atom stereocenters. The van der Waals surface area contributed by atoms with Crippen LogP contribution in [0.5, 0.6) is 0 Å². The Kier molecular flexibility index (Phi) is 7.68. The number of anilines is 1. The number of rotatable bonds is 7. The van der Waals surface area contributed by atoms with E-state index in [1.807, 2.05) is 0 Å². The fourth-order valence-electron chi connectivity index (χ4n) is 2.12. The molecule has 0 aromatic heterocycles.